The zero-order valence-corrected chi connectivity index (χ0v) is 11.3. The van der Waals surface area contributed by atoms with Crippen molar-refractivity contribution < 1.29 is 19.5 Å². The van der Waals surface area contributed by atoms with E-state index in [1.807, 2.05) is 0 Å². The van der Waals surface area contributed by atoms with Crippen molar-refractivity contribution in [3.63, 3.8) is 0 Å². The topological polar surface area (TPSA) is 95.5 Å². The van der Waals surface area contributed by atoms with Crippen molar-refractivity contribution in [3.05, 3.63) is 0 Å². The molecule has 0 unspecified atom stereocenters. The smallest absolute Gasteiger partial charge is 0.321 e. The fourth-order valence-corrected chi connectivity index (χ4v) is 2.22. The largest absolute Gasteiger partial charge is 0.481 e. The summed E-state index contributed by atoms with van der Waals surface area (Å²) < 4.78 is 0. The first kappa shape index (κ1) is 15.5. The van der Waals surface area contributed by atoms with Gasteiger partial charge in [0.2, 0.25) is 5.91 Å². The summed E-state index contributed by atoms with van der Waals surface area (Å²) in [5.41, 5.74) is 0. The van der Waals surface area contributed by atoms with Crippen molar-refractivity contribution in [3.8, 4) is 0 Å². The first-order valence-electron chi connectivity index (χ1n) is 6.77. The van der Waals surface area contributed by atoms with Crippen molar-refractivity contribution in [1.29, 1.82) is 0 Å². The molecule has 0 atom stereocenters. The summed E-state index contributed by atoms with van der Waals surface area (Å²) in [6, 6.07) is -0.533. The SMILES string of the molecule is CC1CCC(CNC(=O)NC(=O)CCC(=O)O)CC1. The van der Waals surface area contributed by atoms with Gasteiger partial charge in [0.25, 0.3) is 0 Å². The van der Waals surface area contributed by atoms with Crippen LogP contribution in [0, 0.1) is 11.8 Å². The predicted octanol–water partition coefficient (Wildman–Crippen LogP) is 1.50. The molecule has 3 amide bonds. The Morgan fingerprint density at radius 2 is 1.74 bits per heavy atom. The van der Waals surface area contributed by atoms with Gasteiger partial charge >= 0.3 is 12.0 Å². The third-order valence-electron chi connectivity index (χ3n) is 3.51. The minimum atomic E-state index is -1.05. The normalized spacial score (nSPS) is 22.6. The molecule has 0 bridgehead atoms. The van der Waals surface area contributed by atoms with Gasteiger partial charge < -0.3 is 10.4 Å². The number of rotatable bonds is 5. The standard InChI is InChI=1S/C13H22N2O4/c1-9-2-4-10(5-3-9)8-14-13(19)15-11(16)6-7-12(17)18/h9-10H,2-8H2,1H3,(H,17,18)(H2,14,15,16,19). The maximum Gasteiger partial charge on any atom is 0.321 e. The van der Waals surface area contributed by atoms with Crippen LogP contribution < -0.4 is 10.6 Å². The zero-order chi connectivity index (χ0) is 14.3. The summed E-state index contributed by atoms with van der Waals surface area (Å²) >= 11 is 0. The Morgan fingerprint density at radius 1 is 1.11 bits per heavy atom. The molecule has 0 saturated heterocycles. The Hall–Kier alpha value is -1.59. The van der Waals surface area contributed by atoms with Crippen LogP contribution in [-0.2, 0) is 9.59 Å². The summed E-state index contributed by atoms with van der Waals surface area (Å²) in [6.07, 6.45) is 4.14. The quantitative estimate of drug-likeness (QED) is 0.705. The highest BCUT2D eigenvalue weighted by Gasteiger charge is 2.19. The number of nitrogens with one attached hydrogen (secondary N) is 2. The predicted molar refractivity (Wildman–Crippen MR) is 69.5 cm³/mol. The number of hydrogen-bond acceptors (Lipinski definition) is 3. The second kappa shape index (κ2) is 7.76. The van der Waals surface area contributed by atoms with Crippen LogP contribution in [0.5, 0.6) is 0 Å². The molecule has 6 nitrogen and oxygen atoms in total. The van der Waals surface area contributed by atoms with Gasteiger partial charge in [-0.25, -0.2) is 4.79 Å². The molecule has 1 aliphatic carbocycles. The molecular formula is C13H22N2O4. The molecule has 1 fully saturated rings. The lowest BCUT2D eigenvalue weighted by Crippen LogP contribution is -2.41. The third kappa shape index (κ3) is 6.79. The molecule has 1 saturated carbocycles. The van der Waals surface area contributed by atoms with Crippen LogP contribution in [0.3, 0.4) is 0 Å². The number of aliphatic carboxylic acids is 1. The Labute approximate surface area is 112 Å². The lowest BCUT2D eigenvalue weighted by molar-refractivity contribution is -0.138. The lowest BCUT2D eigenvalue weighted by atomic mass is 9.83. The molecule has 1 rings (SSSR count). The van der Waals surface area contributed by atoms with Crippen LogP contribution in [-0.4, -0.2) is 29.6 Å². The fourth-order valence-electron chi connectivity index (χ4n) is 2.22. The number of hydrogen-bond donors (Lipinski definition) is 3. The Morgan fingerprint density at radius 3 is 2.32 bits per heavy atom. The maximum absolute atomic E-state index is 11.4. The van der Waals surface area contributed by atoms with Gasteiger partial charge in [-0.2, -0.15) is 0 Å². The number of carbonyl (C=O) groups excluding carboxylic acids is 2. The summed E-state index contributed by atoms with van der Waals surface area (Å²) in [7, 11) is 0. The van der Waals surface area contributed by atoms with Crippen LogP contribution in [0.15, 0.2) is 0 Å². The average molecular weight is 270 g/mol. The van der Waals surface area contributed by atoms with E-state index in [0.717, 1.165) is 18.8 Å². The molecule has 1 aliphatic rings. The Kier molecular flexibility index (Phi) is 6.32. The van der Waals surface area contributed by atoms with E-state index < -0.39 is 17.9 Å². The van der Waals surface area contributed by atoms with Crippen molar-refractivity contribution in [1.82, 2.24) is 10.6 Å². The third-order valence-corrected chi connectivity index (χ3v) is 3.51. The molecule has 0 aromatic heterocycles. The van der Waals surface area contributed by atoms with Gasteiger partial charge in [-0.3, -0.25) is 14.9 Å². The van der Waals surface area contributed by atoms with Gasteiger partial charge in [0.15, 0.2) is 0 Å². The second-order valence-electron chi connectivity index (χ2n) is 5.28. The van der Waals surface area contributed by atoms with Crippen LogP contribution in [0.1, 0.15) is 45.4 Å². The number of carboxylic acid groups (broad SMARTS) is 1. The molecule has 0 aromatic rings. The van der Waals surface area contributed by atoms with E-state index in [-0.39, 0.29) is 12.8 Å². The number of carbonyl (C=O) groups is 3. The molecule has 0 aliphatic heterocycles. The molecule has 3 N–H and O–H groups in total. The summed E-state index contributed by atoms with van der Waals surface area (Å²) in [4.78, 5) is 32.9. The van der Waals surface area contributed by atoms with E-state index in [1.54, 1.807) is 0 Å². The lowest BCUT2D eigenvalue weighted by Gasteiger charge is -2.26. The van der Waals surface area contributed by atoms with Crippen molar-refractivity contribution in [2.45, 2.75) is 45.4 Å². The highest BCUT2D eigenvalue weighted by atomic mass is 16.4. The van der Waals surface area contributed by atoms with Gasteiger partial charge in [0, 0.05) is 13.0 Å². The van der Waals surface area contributed by atoms with Gasteiger partial charge in [-0.15, -0.1) is 0 Å². The molecule has 0 spiro atoms. The minimum absolute atomic E-state index is 0.177. The van der Waals surface area contributed by atoms with Gasteiger partial charge in [-0.05, 0) is 24.7 Å². The zero-order valence-electron chi connectivity index (χ0n) is 11.3. The average Bonchev–Trinajstić information content (AvgIpc) is 2.36. The van der Waals surface area contributed by atoms with Crippen LogP contribution >= 0.6 is 0 Å². The molecule has 0 heterocycles. The van der Waals surface area contributed by atoms with Gasteiger partial charge in [0.05, 0.1) is 6.42 Å². The highest BCUT2D eigenvalue weighted by Crippen LogP contribution is 2.27. The first-order valence-corrected chi connectivity index (χ1v) is 6.77. The summed E-state index contributed by atoms with van der Waals surface area (Å²) in [5, 5.41) is 13.2. The first-order chi connectivity index (χ1) is 8.97. The maximum atomic E-state index is 11.4. The van der Waals surface area contributed by atoms with Crippen LogP contribution in [0.2, 0.25) is 0 Å². The molecule has 108 valence electrons. The van der Waals surface area contributed by atoms with Gasteiger partial charge in [0.1, 0.15) is 0 Å². The number of carboxylic acids is 1. The van der Waals surface area contributed by atoms with Crippen molar-refractivity contribution >= 4 is 17.9 Å². The summed E-state index contributed by atoms with van der Waals surface area (Å²) in [6.45, 7) is 2.81. The van der Waals surface area contributed by atoms with Crippen molar-refractivity contribution in [2.75, 3.05) is 6.54 Å². The molecule has 6 heteroatoms. The van der Waals surface area contributed by atoms with E-state index >= 15 is 0 Å². The van der Waals surface area contributed by atoms with E-state index in [2.05, 4.69) is 17.6 Å². The fraction of sp³-hybridized carbons (Fsp3) is 0.769. The molecule has 0 radical (unpaired) electrons. The molecular weight excluding hydrogens is 248 g/mol. The van der Waals surface area contributed by atoms with Gasteiger partial charge in [-0.1, -0.05) is 19.8 Å². The Balaban J connectivity index is 2.13. The van der Waals surface area contributed by atoms with E-state index in [1.165, 1.54) is 12.8 Å². The monoisotopic (exact) mass is 270 g/mol. The number of amides is 3. The van der Waals surface area contributed by atoms with E-state index in [0.29, 0.717) is 12.5 Å². The second-order valence-corrected chi connectivity index (χ2v) is 5.28. The summed E-state index contributed by atoms with van der Waals surface area (Å²) in [5.74, 6) is -0.359. The molecule has 0 aromatic carbocycles. The van der Waals surface area contributed by atoms with Crippen molar-refractivity contribution in [2.24, 2.45) is 11.8 Å². The Bertz CT molecular complexity index is 336. The number of imide groups is 1. The minimum Gasteiger partial charge on any atom is -0.481 e. The molecule has 19 heavy (non-hydrogen) atoms. The van der Waals surface area contributed by atoms with Crippen LogP contribution in [0.4, 0.5) is 4.79 Å². The highest BCUT2D eigenvalue weighted by molar-refractivity contribution is 5.95. The number of urea groups is 1. The van der Waals surface area contributed by atoms with E-state index in [9.17, 15) is 14.4 Å². The van der Waals surface area contributed by atoms with Crippen LogP contribution in [0.25, 0.3) is 0 Å². The van der Waals surface area contributed by atoms with E-state index in [4.69, 9.17) is 5.11 Å².